The van der Waals surface area contributed by atoms with Gasteiger partial charge >= 0.3 is 5.97 Å². The number of nitrogen functional groups attached to an aromatic ring is 1. The largest absolute Gasteiger partial charge is 0.490 e. The molecular formula is C26H30N6O7S. The summed E-state index contributed by atoms with van der Waals surface area (Å²) in [6.45, 7) is 3.03. The Kier molecular flexibility index (Phi) is 9.53. The van der Waals surface area contributed by atoms with Gasteiger partial charge in [-0.15, -0.1) is 0 Å². The van der Waals surface area contributed by atoms with E-state index in [0.717, 1.165) is 5.56 Å². The molecule has 0 heterocycles. The van der Waals surface area contributed by atoms with E-state index in [9.17, 15) is 18.0 Å². The maximum atomic E-state index is 13.2. The van der Waals surface area contributed by atoms with Crippen LogP contribution in [0.2, 0.25) is 0 Å². The van der Waals surface area contributed by atoms with E-state index in [1.807, 2.05) is 6.92 Å². The average molecular weight is 571 g/mol. The number of hydrogen-bond donors (Lipinski definition) is 7. The van der Waals surface area contributed by atoms with Gasteiger partial charge in [0.1, 0.15) is 5.84 Å². The van der Waals surface area contributed by atoms with E-state index in [1.54, 1.807) is 49.4 Å². The molecular weight excluding hydrogens is 540 g/mol. The number of amidine groups is 1. The van der Waals surface area contributed by atoms with Gasteiger partial charge in [-0.1, -0.05) is 11.6 Å². The van der Waals surface area contributed by atoms with Crippen LogP contribution in [0.5, 0.6) is 11.5 Å². The third-order valence-corrected chi connectivity index (χ3v) is 5.89. The number of nitrogens with two attached hydrogens (primary N) is 2. The highest BCUT2D eigenvalue weighted by Gasteiger charge is 2.19. The molecule has 0 bridgehead atoms. The van der Waals surface area contributed by atoms with Gasteiger partial charge in [-0.2, -0.15) is 8.42 Å². The van der Waals surface area contributed by atoms with Gasteiger partial charge < -0.3 is 30.9 Å². The predicted octanol–water partition coefficient (Wildman–Crippen LogP) is 2.62. The Morgan fingerprint density at radius 1 is 1.02 bits per heavy atom. The zero-order valence-electron chi connectivity index (χ0n) is 21.8. The minimum atomic E-state index is -4.12. The summed E-state index contributed by atoms with van der Waals surface area (Å²) >= 11 is 0. The number of rotatable bonds is 13. The van der Waals surface area contributed by atoms with E-state index in [4.69, 9.17) is 30.9 Å². The fraction of sp³-hybridized carbons (Fsp3) is 0.192. The SMILES string of the molecule is CCOc1cc(NS(N)(=O)=O)cc(CNc2ccc(C)cc2C(=O)Nc2ccc(C(=N)N)cc2)c1OCC(=O)O. The molecule has 0 saturated carbocycles. The van der Waals surface area contributed by atoms with Crippen molar-refractivity contribution in [2.75, 3.05) is 28.6 Å². The lowest BCUT2D eigenvalue weighted by atomic mass is 10.1. The summed E-state index contributed by atoms with van der Waals surface area (Å²) in [6, 6.07) is 14.4. The number of ether oxygens (including phenoxy) is 2. The number of benzene rings is 3. The van der Waals surface area contributed by atoms with Crippen LogP contribution in [0.25, 0.3) is 0 Å². The van der Waals surface area contributed by atoms with E-state index in [0.29, 0.717) is 28.1 Å². The van der Waals surface area contributed by atoms with Gasteiger partial charge in [0.05, 0.1) is 17.9 Å². The molecule has 0 aliphatic heterocycles. The predicted molar refractivity (Wildman–Crippen MR) is 151 cm³/mol. The Bertz CT molecular complexity index is 1530. The van der Waals surface area contributed by atoms with Crippen LogP contribution in [0.3, 0.4) is 0 Å². The summed E-state index contributed by atoms with van der Waals surface area (Å²) < 4.78 is 36.5. The van der Waals surface area contributed by atoms with Crippen LogP contribution in [0.1, 0.15) is 34.0 Å². The number of hydrogen-bond acceptors (Lipinski definition) is 8. The van der Waals surface area contributed by atoms with Crippen molar-refractivity contribution in [1.82, 2.24) is 0 Å². The minimum Gasteiger partial charge on any atom is -0.490 e. The Morgan fingerprint density at radius 3 is 2.33 bits per heavy atom. The van der Waals surface area contributed by atoms with Crippen LogP contribution in [0, 0.1) is 12.3 Å². The van der Waals surface area contributed by atoms with E-state index < -0.39 is 28.7 Å². The van der Waals surface area contributed by atoms with Crippen molar-refractivity contribution in [3.63, 3.8) is 0 Å². The molecule has 0 radical (unpaired) electrons. The third kappa shape index (κ3) is 8.34. The monoisotopic (exact) mass is 570 g/mol. The first-order valence-corrected chi connectivity index (χ1v) is 13.5. The van der Waals surface area contributed by atoms with Crippen molar-refractivity contribution in [1.29, 1.82) is 5.41 Å². The van der Waals surface area contributed by atoms with Crippen molar-refractivity contribution < 1.29 is 32.6 Å². The lowest BCUT2D eigenvalue weighted by molar-refractivity contribution is -0.139. The van der Waals surface area contributed by atoms with Gasteiger partial charge in [-0.05, 0) is 56.3 Å². The number of aliphatic carboxylic acids is 1. The molecule has 0 fully saturated rings. The van der Waals surface area contributed by atoms with Crippen molar-refractivity contribution in [2.24, 2.45) is 10.9 Å². The lowest BCUT2D eigenvalue weighted by Gasteiger charge is -2.19. The zero-order chi connectivity index (χ0) is 29.4. The Balaban J connectivity index is 1.94. The van der Waals surface area contributed by atoms with Crippen LogP contribution < -0.4 is 35.7 Å². The second-order valence-electron chi connectivity index (χ2n) is 8.57. The summed E-state index contributed by atoms with van der Waals surface area (Å²) in [5, 5.41) is 27.7. The Morgan fingerprint density at radius 2 is 1.73 bits per heavy atom. The van der Waals surface area contributed by atoms with Crippen molar-refractivity contribution in [2.45, 2.75) is 20.4 Å². The Hall–Kier alpha value is -4.82. The van der Waals surface area contributed by atoms with Crippen molar-refractivity contribution in [3.8, 4) is 11.5 Å². The number of anilines is 3. The summed E-state index contributed by atoms with van der Waals surface area (Å²) in [7, 11) is -4.12. The van der Waals surface area contributed by atoms with E-state index in [1.165, 1.54) is 12.1 Å². The molecule has 3 aromatic rings. The molecule has 0 aliphatic carbocycles. The third-order valence-electron chi connectivity index (χ3n) is 5.37. The average Bonchev–Trinajstić information content (AvgIpc) is 2.86. The summed E-state index contributed by atoms with van der Waals surface area (Å²) in [5.41, 5.74) is 8.48. The summed E-state index contributed by atoms with van der Waals surface area (Å²) in [5.74, 6) is -1.54. The smallest absolute Gasteiger partial charge is 0.341 e. The second-order valence-corrected chi connectivity index (χ2v) is 9.87. The quantitative estimate of drug-likeness (QED) is 0.118. The number of amides is 1. The van der Waals surface area contributed by atoms with Gasteiger partial charge in [0.25, 0.3) is 16.1 Å². The molecule has 0 aromatic heterocycles. The van der Waals surface area contributed by atoms with Gasteiger partial charge in [0.2, 0.25) is 0 Å². The van der Waals surface area contributed by atoms with E-state index in [2.05, 4.69) is 15.4 Å². The maximum absolute atomic E-state index is 13.2. The maximum Gasteiger partial charge on any atom is 0.341 e. The highest BCUT2D eigenvalue weighted by Crippen LogP contribution is 2.36. The molecule has 13 nitrogen and oxygen atoms in total. The molecule has 3 aromatic carbocycles. The molecule has 0 saturated heterocycles. The fourth-order valence-electron chi connectivity index (χ4n) is 3.70. The summed E-state index contributed by atoms with van der Waals surface area (Å²) in [6.07, 6.45) is 0. The standard InChI is InChI=1S/C26H30N6O7S/c1-3-38-22-12-19(32-40(29,36)37)11-17(24(22)39-14-23(33)34)13-30-21-9-4-15(2)10-20(21)26(35)31-18-7-5-16(6-8-18)25(27)28/h4-12,30,32H,3,13-14H2,1-2H3,(H3,27,28)(H,31,35)(H,33,34)(H2,29,36,37). The molecule has 0 unspecified atom stereocenters. The number of carbonyl (C=O) groups is 2. The van der Waals surface area contributed by atoms with Crippen molar-refractivity contribution in [3.05, 3.63) is 76.9 Å². The molecule has 1 amide bonds. The lowest BCUT2D eigenvalue weighted by Crippen LogP contribution is -2.22. The van der Waals surface area contributed by atoms with Gasteiger partial charge in [0, 0.05) is 35.1 Å². The molecule has 3 rings (SSSR count). The molecule has 0 atom stereocenters. The minimum absolute atomic E-state index is 0.00812. The molecule has 212 valence electrons. The van der Waals surface area contributed by atoms with Gasteiger partial charge in [0.15, 0.2) is 18.1 Å². The molecule has 9 N–H and O–H groups in total. The highest BCUT2D eigenvalue weighted by atomic mass is 32.2. The second kappa shape index (κ2) is 12.8. The molecule has 14 heteroatoms. The number of carboxylic acid groups (broad SMARTS) is 1. The van der Waals surface area contributed by atoms with Gasteiger partial charge in [-0.25, -0.2) is 9.93 Å². The first-order valence-electron chi connectivity index (χ1n) is 11.9. The fourth-order valence-corrected chi connectivity index (χ4v) is 4.14. The van der Waals surface area contributed by atoms with Crippen LogP contribution in [-0.4, -0.2) is 44.5 Å². The number of nitrogens with one attached hydrogen (secondary N) is 4. The number of carbonyl (C=O) groups excluding carboxylic acids is 1. The van der Waals surface area contributed by atoms with E-state index in [-0.39, 0.29) is 36.2 Å². The first kappa shape index (κ1) is 29.7. The highest BCUT2D eigenvalue weighted by molar-refractivity contribution is 7.90. The normalized spacial score (nSPS) is 10.9. The van der Waals surface area contributed by atoms with Crippen LogP contribution in [-0.2, 0) is 21.5 Å². The van der Waals surface area contributed by atoms with E-state index >= 15 is 0 Å². The van der Waals surface area contributed by atoms with Crippen LogP contribution in [0.15, 0.2) is 54.6 Å². The zero-order valence-corrected chi connectivity index (χ0v) is 22.6. The molecule has 0 spiro atoms. The summed E-state index contributed by atoms with van der Waals surface area (Å²) in [4.78, 5) is 24.4. The first-order chi connectivity index (χ1) is 18.9. The Labute approximate surface area is 231 Å². The number of aryl methyl sites for hydroxylation is 1. The van der Waals surface area contributed by atoms with Crippen LogP contribution in [0.4, 0.5) is 17.1 Å². The number of carboxylic acids is 1. The van der Waals surface area contributed by atoms with Crippen molar-refractivity contribution >= 4 is 45.0 Å². The molecule has 40 heavy (non-hydrogen) atoms. The van der Waals surface area contributed by atoms with Gasteiger partial charge in [-0.3, -0.25) is 14.9 Å². The van der Waals surface area contributed by atoms with Crippen LogP contribution >= 0.6 is 0 Å². The molecule has 0 aliphatic rings. The topological polar surface area (TPSA) is 219 Å².